The SMILES string of the molecule is CO/N=C1\CCCc2ccc(C#CCON3C(=O)c4ccccc4C3=O)nc21. The van der Waals surface area contributed by atoms with Crippen LogP contribution in [0.3, 0.4) is 0 Å². The van der Waals surface area contributed by atoms with Crippen LogP contribution in [-0.2, 0) is 16.1 Å². The van der Waals surface area contributed by atoms with Gasteiger partial charge in [0.25, 0.3) is 11.8 Å². The molecule has 4 rings (SSSR count). The van der Waals surface area contributed by atoms with E-state index in [1.165, 1.54) is 7.11 Å². The van der Waals surface area contributed by atoms with E-state index in [4.69, 9.17) is 9.68 Å². The number of hydrogen-bond donors (Lipinski definition) is 0. The normalized spacial score (nSPS) is 16.5. The highest BCUT2D eigenvalue weighted by Crippen LogP contribution is 2.22. The molecule has 1 aromatic heterocycles. The number of rotatable bonds is 3. The lowest BCUT2D eigenvalue weighted by Crippen LogP contribution is -2.30. The molecule has 7 heteroatoms. The second-order valence-electron chi connectivity index (χ2n) is 6.30. The molecule has 0 saturated carbocycles. The van der Waals surface area contributed by atoms with E-state index < -0.39 is 11.8 Å². The van der Waals surface area contributed by atoms with Crippen LogP contribution in [0.5, 0.6) is 0 Å². The number of fused-ring (bicyclic) bond motifs is 2. The van der Waals surface area contributed by atoms with Crippen molar-refractivity contribution in [3.05, 3.63) is 64.5 Å². The summed E-state index contributed by atoms with van der Waals surface area (Å²) >= 11 is 0. The van der Waals surface area contributed by atoms with Gasteiger partial charge in [-0.15, -0.1) is 5.06 Å². The average Bonchev–Trinajstić information content (AvgIpc) is 2.96. The van der Waals surface area contributed by atoms with Crippen LogP contribution in [-0.4, -0.2) is 41.3 Å². The van der Waals surface area contributed by atoms with E-state index >= 15 is 0 Å². The number of amides is 2. The van der Waals surface area contributed by atoms with Crippen molar-refractivity contribution < 1.29 is 19.3 Å². The summed E-state index contributed by atoms with van der Waals surface area (Å²) in [5, 5.41) is 4.80. The minimum Gasteiger partial charge on any atom is -0.399 e. The van der Waals surface area contributed by atoms with Crippen LogP contribution in [0.4, 0.5) is 0 Å². The molecule has 7 nitrogen and oxygen atoms in total. The van der Waals surface area contributed by atoms with E-state index in [0.29, 0.717) is 16.8 Å². The summed E-state index contributed by atoms with van der Waals surface area (Å²) in [4.78, 5) is 39.2. The molecule has 1 aliphatic heterocycles. The first-order valence-electron chi connectivity index (χ1n) is 8.89. The molecular formula is C21H17N3O4. The number of hydroxylamine groups is 2. The Hall–Kier alpha value is -3.50. The summed E-state index contributed by atoms with van der Waals surface area (Å²) in [7, 11) is 1.52. The summed E-state index contributed by atoms with van der Waals surface area (Å²) in [6.07, 6.45) is 2.77. The van der Waals surface area contributed by atoms with Crippen molar-refractivity contribution in [1.29, 1.82) is 0 Å². The molecule has 2 amide bonds. The highest BCUT2D eigenvalue weighted by Gasteiger charge is 2.36. The first kappa shape index (κ1) is 17.9. The second kappa shape index (κ2) is 7.62. The van der Waals surface area contributed by atoms with Gasteiger partial charge in [-0.1, -0.05) is 29.3 Å². The van der Waals surface area contributed by atoms with Gasteiger partial charge >= 0.3 is 0 Å². The van der Waals surface area contributed by atoms with Gasteiger partial charge in [0.05, 0.1) is 16.8 Å². The molecule has 0 unspecified atom stereocenters. The summed E-state index contributed by atoms with van der Waals surface area (Å²) in [5.74, 6) is 4.74. The third-order valence-corrected chi connectivity index (χ3v) is 4.55. The lowest BCUT2D eigenvalue weighted by atomic mass is 9.94. The maximum absolute atomic E-state index is 12.2. The fraction of sp³-hybridized carbons (Fsp3) is 0.238. The van der Waals surface area contributed by atoms with Crippen molar-refractivity contribution in [2.75, 3.05) is 13.7 Å². The fourth-order valence-corrected chi connectivity index (χ4v) is 3.28. The Bertz CT molecular complexity index is 1010. The number of aryl methyl sites for hydroxylation is 1. The molecule has 2 heterocycles. The topological polar surface area (TPSA) is 81.1 Å². The molecule has 0 fully saturated rings. The highest BCUT2D eigenvalue weighted by molar-refractivity contribution is 6.20. The van der Waals surface area contributed by atoms with E-state index in [-0.39, 0.29) is 6.61 Å². The third-order valence-electron chi connectivity index (χ3n) is 4.55. The van der Waals surface area contributed by atoms with E-state index in [2.05, 4.69) is 22.0 Å². The molecule has 0 spiro atoms. The van der Waals surface area contributed by atoms with Gasteiger partial charge in [0.15, 0.2) is 0 Å². The number of aromatic nitrogens is 1. The zero-order valence-corrected chi connectivity index (χ0v) is 15.3. The number of pyridine rings is 1. The number of imide groups is 1. The lowest BCUT2D eigenvalue weighted by Gasteiger charge is -2.16. The summed E-state index contributed by atoms with van der Waals surface area (Å²) in [6, 6.07) is 10.4. The van der Waals surface area contributed by atoms with Crippen molar-refractivity contribution in [3.8, 4) is 11.8 Å². The van der Waals surface area contributed by atoms with Crippen molar-refractivity contribution in [2.45, 2.75) is 19.3 Å². The zero-order chi connectivity index (χ0) is 19.5. The smallest absolute Gasteiger partial charge is 0.285 e. The van der Waals surface area contributed by atoms with Crippen LogP contribution in [0.2, 0.25) is 0 Å². The van der Waals surface area contributed by atoms with Gasteiger partial charge < -0.3 is 4.84 Å². The van der Waals surface area contributed by atoms with Crippen LogP contribution < -0.4 is 0 Å². The molecule has 0 N–H and O–H groups in total. The van der Waals surface area contributed by atoms with E-state index in [9.17, 15) is 9.59 Å². The molecule has 0 bridgehead atoms. The predicted octanol–water partition coefficient (Wildman–Crippen LogP) is 2.35. The van der Waals surface area contributed by atoms with Gasteiger partial charge in [0, 0.05) is 0 Å². The first-order valence-corrected chi connectivity index (χ1v) is 8.89. The van der Waals surface area contributed by atoms with Crippen LogP contribution in [0.25, 0.3) is 0 Å². The molecule has 2 aliphatic rings. The Morgan fingerprint density at radius 1 is 1.11 bits per heavy atom. The molecule has 0 radical (unpaired) electrons. The molecule has 28 heavy (non-hydrogen) atoms. The van der Waals surface area contributed by atoms with E-state index in [1.54, 1.807) is 24.3 Å². The van der Waals surface area contributed by atoms with Gasteiger partial charge in [-0.05, 0) is 48.9 Å². The Morgan fingerprint density at radius 3 is 2.57 bits per heavy atom. The maximum Gasteiger partial charge on any atom is 0.285 e. The quantitative estimate of drug-likeness (QED) is 0.467. The standard InChI is InChI=1S/C21H17N3O4/c1-27-23-18-10-4-6-14-11-12-15(22-19(14)18)7-5-13-28-24-20(25)16-8-2-3-9-17(16)21(24)26/h2-3,8-9,11-12H,4,6,10,13H2,1H3/b23-18+. The second-order valence-corrected chi connectivity index (χ2v) is 6.30. The number of oxime groups is 1. The summed E-state index contributed by atoms with van der Waals surface area (Å²) < 4.78 is 0. The fourth-order valence-electron chi connectivity index (χ4n) is 3.28. The van der Waals surface area contributed by atoms with Gasteiger partial charge in [0.2, 0.25) is 0 Å². The van der Waals surface area contributed by atoms with Crippen LogP contribution in [0.15, 0.2) is 41.6 Å². The number of carbonyl (C=O) groups is 2. The molecule has 0 atom stereocenters. The third kappa shape index (κ3) is 3.26. The molecule has 1 aliphatic carbocycles. The van der Waals surface area contributed by atoms with Crippen LogP contribution >= 0.6 is 0 Å². The van der Waals surface area contributed by atoms with Gasteiger partial charge in [-0.3, -0.25) is 9.59 Å². The van der Waals surface area contributed by atoms with Crippen molar-refractivity contribution in [1.82, 2.24) is 10.0 Å². The molecular weight excluding hydrogens is 358 g/mol. The molecule has 2 aromatic rings. The monoisotopic (exact) mass is 375 g/mol. The summed E-state index contributed by atoms with van der Waals surface area (Å²) in [5.41, 5.74) is 3.98. The number of nitrogens with zero attached hydrogens (tertiary/aromatic N) is 3. The molecule has 1 aromatic carbocycles. The molecule has 140 valence electrons. The Labute approximate surface area is 161 Å². The minimum atomic E-state index is -0.477. The average molecular weight is 375 g/mol. The summed E-state index contributed by atoms with van der Waals surface area (Å²) in [6.45, 7) is -0.108. The van der Waals surface area contributed by atoms with E-state index in [0.717, 1.165) is 41.3 Å². The zero-order valence-electron chi connectivity index (χ0n) is 15.3. The number of carbonyl (C=O) groups excluding carboxylic acids is 2. The van der Waals surface area contributed by atoms with Gasteiger partial charge in [-0.2, -0.15) is 0 Å². The van der Waals surface area contributed by atoms with Crippen molar-refractivity contribution in [2.24, 2.45) is 5.16 Å². The van der Waals surface area contributed by atoms with Gasteiger partial charge in [0.1, 0.15) is 25.1 Å². The van der Waals surface area contributed by atoms with Crippen molar-refractivity contribution in [3.63, 3.8) is 0 Å². The Balaban J connectivity index is 1.45. The molecule has 0 saturated heterocycles. The van der Waals surface area contributed by atoms with E-state index in [1.807, 2.05) is 12.1 Å². The number of hydrogen-bond acceptors (Lipinski definition) is 6. The Morgan fingerprint density at radius 2 is 1.86 bits per heavy atom. The van der Waals surface area contributed by atoms with Crippen LogP contribution in [0, 0.1) is 11.8 Å². The predicted molar refractivity (Wildman–Crippen MR) is 100 cm³/mol. The van der Waals surface area contributed by atoms with Crippen molar-refractivity contribution >= 4 is 17.5 Å². The number of benzene rings is 1. The minimum absolute atomic E-state index is 0.108. The maximum atomic E-state index is 12.2. The lowest BCUT2D eigenvalue weighted by molar-refractivity contribution is -0.0782. The van der Waals surface area contributed by atoms with Gasteiger partial charge in [-0.25, -0.2) is 9.82 Å². The largest absolute Gasteiger partial charge is 0.399 e. The first-order chi connectivity index (χ1) is 13.7. The highest BCUT2D eigenvalue weighted by atomic mass is 16.7. The van der Waals surface area contributed by atoms with Crippen LogP contribution in [0.1, 0.15) is 50.5 Å². The Kier molecular flexibility index (Phi) is 4.87.